The van der Waals surface area contributed by atoms with Crippen LogP contribution in [0.5, 0.6) is 0 Å². The molecule has 2 aromatic rings. The molecule has 0 aromatic heterocycles. The van der Waals surface area contributed by atoms with Gasteiger partial charge in [-0.3, -0.25) is 14.9 Å². The standard InChI is InChI=1S/C18H18N2O4S/c21-18(19-12-14-4-3-11-24-14)16-5-1-2-6-17(16)25-15-9-7-13(8-10-15)20(22)23/h1-2,5-10,14H,3-4,11-12H2,(H,19,21). The van der Waals surface area contributed by atoms with E-state index >= 15 is 0 Å². The molecule has 7 heteroatoms. The second-order valence-electron chi connectivity index (χ2n) is 5.69. The van der Waals surface area contributed by atoms with Crippen molar-refractivity contribution < 1.29 is 14.5 Å². The number of carbonyl (C=O) groups is 1. The fraction of sp³-hybridized carbons (Fsp3) is 0.278. The van der Waals surface area contributed by atoms with Crippen molar-refractivity contribution in [1.82, 2.24) is 5.32 Å². The predicted molar refractivity (Wildman–Crippen MR) is 95.0 cm³/mol. The Labute approximate surface area is 149 Å². The van der Waals surface area contributed by atoms with E-state index in [1.54, 1.807) is 18.2 Å². The topological polar surface area (TPSA) is 81.5 Å². The Morgan fingerprint density at radius 1 is 1.24 bits per heavy atom. The van der Waals surface area contributed by atoms with E-state index in [4.69, 9.17) is 4.74 Å². The number of amides is 1. The Bertz CT molecular complexity index is 758. The summed E-state index contributed by atoms with van der Waals surface area (Å²) in [7, 11) is 0. The van der Waals surface area contributed by atoms with Crippen LogP contribution in [0.2, 0.25) is 0 Å². The molecule has 1 amide bonds. The molecule has 1 N–H and O–H groups in total. The Kier molecular flexibility index (Phi) is 5.67. The number of nitrogens with zero attached hydrogens (tertiary/aromatic N) is 1. The van der Waals surface area contributed by atoms with Crippen LogP contribution in [0.1, 0.15) is 23.2 Å². The molecular weight excluding hydrogens is 340 g/mol. The van der Waals surface area contributed by atoms with Gasteiger partial charge >= 0.3 is 0 Å². The highest BCUT2D eigenvalue weighted by Crippen LogP contribution is 2.31. The van der Waals surface area contributed by atoms with Gasteiger partial charge < -0.3 is 10.1 Å². The van der Waals surface area contributed by atoms with E-state index in [0.29, 0.717) is 12.1 Å². The van der Waals surface area contributed by atoms with Crippen molar-refractivity contribution in [2.24, 2.45) is 0 Å². The van der Waals surface area contributed by atoms with Gasteiger partial charge in [0, 0.05) is 35.1 Å². The lowest BCUT2D eigenvalue weighted by Crippen LogP contribution is -2.32. The van der Waals surface area contributed by atoms with Crippen LogP contribution in [0.25, 0.3) is 0 Å². The first-order valence-corrected chi connectivity index (χ1v) is 8.86. The lowest BCUT2D eigenvalue weighted by molar-refractivity contribution is -0.384. The molecule has 1 atom stereocenters. The summed E-state index contributed by atoms with van der Waals surface area (Å²) in [6.45, 7) is 1.27. The van der Waals surface area contributed by atoms with Gasteiger partial charge in [0.05, 0.1) is 16.6 Å². The average molecular weight is 358 g/mol. The van der Waals surface area contributed by atoms with Gasteiger partial charge in [-0.25, -0.2) is 0 Å². The molecule has 25 heavy (non-hydrogen) atoms. The first-order chi connectivity index (χ1) is 12.1. The van der Waals surface area contributed by atoms with E-state index in [1.165, 1.54) is 23.9 Å². The Morgan fingerprint density at radius 3 is 2.68 bits per heavy atom. The summed E-state index contributed by atoms with van der Waals surface area (Å²) in [5.41, 5.74) is 0.635. The van der Waals surface area contributed by atoms with Crippen LogP contribution in [-0.4, -0.2) is 30.1 Å². The summed E-state index contributed by atoms with van der Waals surface area (Å²) in [4.78, 5) is 24.4. The van der Waals surface area contributed by atoms with Crippen molar-refractivity contribution in [3.8, 4) is 0 Å². The maximum Gasteiger partial charge on any atom is 0.269 e. The molecule has 1 fully saturated rings. The second kappa shape index (κ2) is 8.13. The monoisotopic (exact) mass is 358 g/mol. The minimum Gasteiger partial charge on any atom is -0.376 e. The molecule has 6 nitrogen and oxygen atoms in total. The molecule has 2 aromatic carbocycles. The van der Waals surface area contributed by atoms with Crippen molar-refractivity contribution in [2.45, 2.75) is 28.7 Å². The van der Waals surface area contributed by atoms with Gasteiger partial charge in [0.1, 0.15) is 0 Å². The third kappa shape index (κ3) is 4.58. The number of ether oxygens (including phenoxy) is 1. The zero-order valence-corrected chi connectivity index (χ0v) is 14.3. The van der Waals surface area contributed by atoms with E-state index in [9.17, 15) is 14.9 Å². The maximum absolute atomic E-state index is 12.5. The van der Waals surface area contributed by atoms with E-state index in [-0.39, 0.29) is 17.7 Å². The number of rotatable bonds is 6. The minimum absolute atomic E-state index is 0.0481. The Balaban J connectivity index is 1.69. The molecule has 1 saturated heterocycles. The van der Waals surface area contributed by atoms with Gasteiger partial charge in [-0.2, -0.15) is 0 Å². The molecule has 0 bridgehead atoms. The number of non-ortho nitro benzene ring substituents is 1. The zero-order chi connectivity index (χ0) is 17.6. The summed E-state index contributed by atoms with van der Waals surface area (Å²) in [6.07, 6.45) is 2.10. The van der Waals surface area contributed by atoms with Gasteiger partial charge in [-0.1, -0.05) is 23.9 Å². The number of carbonyl (C=O) groups excluding carboxylic acids is 1. The average Bonchev–Trinajstić information content (AvgIpc) is 3.14. The highest BCUT2D eigenvalue weighted by atomic mass is 32.2. The number of hydrogen-bond acceptors (Lipinski definition) is 5. The molecule has 1 unspecified atom stereocenters. The third-order valence-corrected chi connectivity index (χ3v) is 5.01. The van der Waals surface area contributed by atoms with E-state index in [0.717, 1.165) is 29.2 Å². The number of nitro benzene ring substituents is 1. The summed E-state index contributed by atoms with van der Waals surface area (Å²) in [5, 5.41) is 13.7. The van der Waals surface area contributed by atoms with Crippen LogP contribution < -0.4 is 5.32 Å². The van der Waals surface area contributed by atoms with Gasteiger partial charge in [0.15, 0.2) is 0 Å². The van der Waals surface area contributed by atoms with Gasteiger partial charge in [0.2, 0.25) is 0 Å². The summed E-state index contributed by atoms with van der Waals surface area (Å²) in [5.74, 6) is -0.138. The quantitative estimate of drug-likeness (QED) is 0.629. The van der Waals surface area contributed by atoms with Crippen LogP contribution in [0.3, 0.4) is 0 Å². The van der Waals surface area contributed by atoms with Gasteiger partial charge in [-0.15, -0.1) is 0 Å². The SMILES string of the molecule is O=C(NCC1CCCO1)c1ccccc1Sc1ccc([N+](=O)[O-])cc1. The number of hydrogen-bond donors (Lipinski definition) is 1. The van der Waals surface area contributed by atoms with Crippen LogP contribution >= 0.6 is 11.8 Å². The van der Waals surface area contributed by atoms with Crippen molar-refractivity contribution in [3.63, 3.8) is 0 Å². The van der Waals surface area contributed by atoms with Gasteiger partial charge in [-0.05, 0) is 37.1 Å². The first kappa shape index (κ1) is 17.4. The lowest BCUT2D eigenvalue weighted by Gasteiger charge is -2.13. The molecule has 0 saturated carbocycles. The van der Waals surface area contributed by atoms with Crippen LogP contribution in [-0.2, 0) is 4.74 Å². The third-order valence-electron chi connectivity index (χ3n) is 3.92. The Hall–Kier alpha value is -2.38. The fourth-order valence-corrected chi connectivity index (χ4v) is 3.56. The molecular formula is C18H18N2O4S. The van der Waals surface area contributed by atoms with Crippen LogP contribution in [0.4, 0.5) is 5.69 Å². The molecule has 1 aliphatic rings. The highest BCUT2D eigenvalue weighted by Gasteiger charge is 2.18. The normalized spacial score (nSPS) is 16.6. The summed E-state index contributed by atoms with van der Waals surface area (Å²) < 4.78 is 5.52. The number of nitro groups is 1. The highest BCUT2D eigenvalue weighted by molar-refractivity contribution is 7.99. The molecule has 130 valence electrons. The van der Waals surface area contributed by atoms with Crippen LogP contribution in [0.15, 0.2) is 58.3 Å². The summed E-state index contributed by atoms with van der Waals surface area (Å²) >= 11 is 1.41. The van der Waals surface area contributed by atoms with Crippen molar-refractivity contribution in [3.05, 3.63) is 64.2 Å². The lowest BCUT2D eigenvalue weighted by atomic mass is 10.2. The first-order valence-electron chi connectivity index (χ1n) is 8.04. The summed E-state index contributed by atoms with van der Waals surface area (Å²) in [6, 6.07) is 13.6. The van der Waals surface area contributed by atoms with E-state index < -0.39 is 4.92 Å². The van der Waals surface area contributed by atoms with Crippen molar-refractivity contribution in [2.75, 3.05) is 13.2 Å². The maximum atomic E-state index is 12.5. The van der Waals surface area contributed by atoms with Crippen molar-refractivity contribution >= 4 is 23.4 Å². The molecule has 1 heterocycles. The zero-order valence-electron chi connectivity index (χ0n) is 13.5. The Morgan fingerprint density at radius 2 is 2.00 bits per heavy atom. The fourth-order valence-electron chi connectivity index (χ4n) is 2.61. The largest absolute Gasteiger partial charge is 0.376 e. The number of nitrogens with one attached hydrogen (secondary N) is 1. The smallest absolute Gasteiger partial charge is 0.269 e. The van der Waals surface area contributed by atoms with Gasteiger partial charge in [0.25, 0.3) is 11.6 Å². The van der Waals surface area contributed by atoms with E-state index in [2.05, 4.69) is 5.32 Å². The van der Waals surface area contributed by atoms with Crippen molar-refractivity contribution in [1.29, 1.82) is 0 Å². The molecule has 0 spiro atoms. The molecule has 0 aliphatic carbocycles. The number of benzene rings is 2. The van der Waals surface area contributed by atoms with E-state index in [1.807, 2.05) is 18.2 Å². The molecule has 3 rings (SSSR count). The minimum atomic E-state index is -0.430. The second-order valence-corrected chi connectivity index (χ2v) is 6.81. The van der Waals surface area contributed by atoms with Crippen LogP contribution in [0, 0.1) is 10.1 Å². The molecule has 1 aliphatic heterocycles. The molecule has 0 radical (unpaired) electrons. The predicted octanol–water partition coefficient (Wildman–Crippen LogP) is 3.65.